The van der Waals surface area contributed by atoms with E-state index in [0.717, 1.165) is 6.42 Å². The van der Waals surface area contributed by atoms with Gasteiger partial charge in [-0.15, -0.1) is 0 Å². The number of rotatable bonds is 5. The molecule has 0 bridgehead atoms. The summed E-state index contributed by atoms with van der Waals surface area (Å²) >= 11 is 0. The van der Waals surface area contributed by atoms with Crippen molar-refractivity contribution in [1.82, 2.24) is 0 Å². The largest absolute Gasteiger partial charge is 0.0914 e. The zero-order chi connectivity index (χ0) is 7.66. The molecule has 0 heteroatoms. The lowest BCUT2D eigenvalue weighted by Crippen LogP contribution is -1.66. The van der Waals surface area contributed by atoms with E-state index in [0.29, 0.717) is 0 Å². The van der Waals surface area contributed by atoms with Gasteiger partial charge < -0.3 is 0 Å². The fourth-order valence-corrected chi connectivity index (χ4v) is 0.751. The summed E-state index contributed by atoms with van der Waals surface area (Å²) in [6.45, 7) is 4.28. The minimum atomic E-state index is 1.10. The summed E-state index contributed by atoms with van der Waals surface area (Å²) in [4.78, 5) is 0. The maximum absolute atomic E-state index is 2.27. The molecule has 58 valence electrons. The Kier molecular flexibility index (Phi) is 8.04. The highest BCUT2D eigenvalue weighted by molar-refractivity contribution is 4.90. The van der Waals surface area contributed by atoms with E-state index >= 15 is 0 Å². The van der Waals surface area contributed by atoms with Gasteiger partial charge in [0.1, 0.15) is 0 Å². The van der Waals surface area contributed by atoms with Crippen LogP contribution in [0.5, 0.6) is 0 Å². The third-order valence-corrected chi connectivity index (χ3v) is 1.40. The van der Waals surface area contributed by atoms with Crippen molar-refractivity contribution in [3.63, 3.8) is 0 Å². The van der Waals surface area contributed by atoms with Crippen molar-refractivity contribution in [1.29, 1.82) is 0 Å². The zero-order valence-electron chi connectivity index (χ0n) is 7.14. The summed E-state index contributed by atoms with van der Waals surface area (Å²) in [6, 6.07) is 0. The second-order valence-electron chi connectivity index (χ2n) is 2.42. The van der Waals surface area contributed by atoms with E-state index in [-0.39, 0.29) is 0 Å². The third kappa shape index (κ3) is 7.48. The maximum Gasteiger partial charge on any atom is -0.0169 e. The molecule has 10 heavy (non-hydrogen) atoms. The van der Waals surface area contributed by atoms with Crippen LogP contribution in [-0.2, 0) is 0 Å². The van der Waals surface area contributed by atoms with Crippen LogP contribution in [0.1, 0.15) is 39.5 Å². The highest BCUT2D eigenvalue weighted by Crippen LogP contribution is 1.96. The maximum atomic E-state index is 2.27. The molecule has 0 aliphatic heterocycles. The molecule has 0 radical (unpaired) electrons. The van der Waals surface area contributed by atoms with E-state index in [9.17, 15) is 0 Å². The van der Waals surface area contributed by atoms with Gasteiger partial charge in [-0.25, -0.2) is 0 Å². The molecule has 0 aliphatic rings. The first-order chi connectivity index (χ1) is 4.91. The molecule has 0 fully saturated rings. The van der Waals surface area contributed by atoms with Crippen molar-refractivity contribution in [3.8, 4) is 0 Å². The zero-order valence-corrected chi connectivity index (χ0v) is 7.14. The van der Waals surface area contributed by atoms with Crippen molar-refractivity contribution in [2.45, 2.75) is 39.5 Å². The van der Waals surface area contributed by atoms with E-state index in [1.165, 1.54) is 19.3 Å². The summed E-state index contributed by atoms with van der Waals surface area (Å²) in [6.07, 6.45) is 13.7. The topological polar surface area (TPSA) is 0 Å². The first kappa shape index (κ1) is 9.48. The molecule has 0 heterocycles. The molecule has 0 aromatic rings. The van der Waals surface area contributed by atoms with Crippen molar-refractivity contribution in [2.24, 2.45) is 0 Å². The van der Waals surface area contributed by atoms with Gasteiger partial charge in [-0.1, -0.05) is 44.1 Å². The molecular formula is C10H18. The fourth-order valence-electron chi connectivity index (χ4n) is 0.751. The van der Waals surface area contributed by atoms with Gasteiger partial charge in [0.05, 0.1) is 0 Å². The molecule has 0 saturated heterocycles. The molecule has 0 atom stereocenters. The normalized spacial score (nSPS) is 11.8. The molecule has 0 aromatic heterocycles. The van der Waals surface area contributed by atoms with Gasteiger partial charge in [-0.05, 0) is 19.8 Å². The highest BCUT2D eigenvalue weighted by atomic mass is 13.8. The average molecular weight is 138 g/mol. The average Bonchev–Trinajstić information content (AvgIpc) is 1.97. The van der Waals surface area contributed by atoms with Gasteiger partial charge in [0.15, 0.2) is 0 Å². The van der Waals surface area contributed by atoms with E-state index < -0.39 is 0 Å². The number of hydrogen-bond acceptors (Lipinski definition) is 0. The Hall–Kier alpha value is -0.520. The predicted octanol–water partition coefficient (Wildman–Crippen LogP) is 3.70. The highest BCUT2D eigenvalue weighted by Gasteiger charge is 1.75. The SMILES string of the molecule is C/C=C/C/C=C\CCCC. The molecule has 0 aliphatic carbocycles. The quantitative estimate of drug-likeness (QED) is 0.401. The summed E-state index contributed by atoms with van der Waals surface area (Å²) in [5, 5.41) is 0. The molecular weight excluding hydrogens is 120 g/mol. The minimum absolute atomic E-state index is 1.10. The first-order valence-corrected chi connectivity index (χ1v) is 4.18. The van der Waals surface area contributed by atoms with E-state index in [1.807, 2.05) is 0 Å². The van der Waals surface area contributed by atoms with Gasteiger partial charge in [0.25, 0.3) is 0 Å². The van der Waals surface area contributed by atoms with Gasteiger partial charge in [-0.3, -0.25) is 0 Å². The molecule has 0 aromatic carbocycles. The Labute approximate surface area is 64.6 Å². The molecule has 0 amide bonds. The van der Waals surface area contributed by atoms with Crippen molar-refractivity contribution >= 4 is 0 Å². The molecule has 0 rings (SSSR count). The molecule has 0 saturated carbocycles. The summed E-state index contributed by atoms with van der Waals surface area (Å²) in [5.41, 5.74) is 0. The monoisotopic (exact) mass is 138 g/mol. The summed E-state index contributed by atoms with van der Waals surface area (Å²) in [7, 11) is 0. The first-order valence-electron chi connectivity index (χ1n) is 4.18. The minimum Gasteiger partial charge on any atom is -0.0914 e. The van der Waals surface area contributed by atoms with Crippen molar-refractivity contribution < 1.29 is 0 Å². The summed E-state index contributed by atoms with van der Waals surface area (Å²) in [5.74, 6) is 0. The predicted molar refractivity (Wildman–Crippen MR) is 48.1 cm³/mol. The smallest absolute Gasteiger partial charge is 0.0169 e. The van der Waals surface area contributed by atoms with Gasteiger partial charge in [-0.2, -0.15) is 0 Å². The second-order valence-corrected chi connectivity index (χ2v) is 2.42. The lowest BCUT2D eigenvalue weighted by Gasteiger charge is -1.86. The van der Waals surface area contributed by atoms with Crippen LogP contribution >= 0.6 is 0 Å². The number of allylic oxidation sites excluding steroid dienone is 4. The standard InChI is InChI=1S/C10H18/c1-3-5-7-9-10-8-6-4-2/h3,5,9-10H,4,6-8H2,1-2H3/b5-3+,10-9-. The Morgan fingerprint density at radius 3 is 2.50 bits per heavy atom. The Morgan fingerprint density at radius 1 is 1.10 bits per heavy atom. The van der Waals surface area contributed by atoms with Crippen LogP contribution in [0.2, 0.25) is 0 Å². The molecule has 0 nitrogen and oxygen atoms in total. The molecule has 0 unspecified atom stereocenters. The molecule has 0 N–H and O–H groups in total. The van der Waals surface area contributed by atoms with Gasteiger partial charge in [0, 0.05) is 0 Å². The number of unbranched alkanes of at least 4 members (excludes halogenated alkanes) is 2. The van der Waals surface area contributed by atoms with Crippen LogP contribution in [0, 0.1) is 0 Å². The lowest BCUT2D eigenvalue weighted by molar-refractivity contribution is 0.813. The van der Waals surface area contributed by atoms with Gasteiger partial charge >= 0.3 is 0 Å². The van der Waals surface area contributed by atoms with Crippen LogP contribution in [0.25, 0.3) is 0 Å². The second kappa shape index (κ2) is 8.48. The summed E-state index contributed by atoms with van der Waals surface area (Å²) < 4.78 is 0. The van der Waals surface area contributed by atoms with Crippen molar-refractivity contribution in [2.75, 3.05) is 0 Å². The fraction of sp³-hybridized carbons (Fsp3) is 0.600. The third-order valence-electron chi connectivity index (χ3n) is 1.40. The van der Waals surface area contributed by atoms with Crippen molar-refractivity contribution in [3.05, 3.63) is 24.3 Å². The Bertz CT molecular complexity index is 98.6. The Balaban J connectivity index is 3.04. The Morgan fingerprint density at radius 2 is 1.90 bits per heavy atom. The van der Waals surface area contributed by atoms with E-state index in [1.54, 1.807) is 0 Å². The number of hydrogen-bond donors (Lipinski definition) is 0. The van der Waals surface area contributed by atoms with E-state index in [2.05, 4.69) is 38.2 Å². The molecule has 0 spiro atoms. The van der Waals surface area contributed by atoms with Gasteiger partial charge in [0.2, 0.25) is 0 Å². The lowest BCUT2D eigenvalue weighted by atomic mass is 10.2. The van der Waals surface area contributed by atoms with Crippen LogP contribution in [0.15, 0.2) is 24.3 Å². The van der Waals surface area contributed by atoms with E-state index in [4.69, 9.17) is 0 Å². The van der Waals surface area contributed by atoms with Crippen LogP contribution in [-0.4, -0.2) is 0 Å². The van der Waals surface area contributed by atoms with Crippen LogP contribution in [0.4, 0.5) is 0 Å². The van der Waals surface area contributed by atoms with Crippen LogP contribution < -0.4 is 0 Å². The van der Waals surface area contributed by atoms with Crippen LogP contribution in [0.3, 0.4) is 0 Å².